The average Bonchev–Trinajstić information content (AvgIpc) is 3.01. The summed E-state index contributed by atoms with van der Waals surface area (Å²) in [6.45, 7) is 5.14. The molecular weight excluding hydrogens is 262 g/mol. The van der Waals surface area contributed by atoms with E-state index in [1.807, 2.05) is 0 Å². The molecule has 4 nitrogen and oxygen atoms in total. The molecule has 1 aromatic heterocycles. The van der Waals surface area contributed by atoms with Gasteiger partial charge in [-0.2, -0.15) is 0 Å². The lowest BCUT2D eigenvalue weighted by atomic mass is 10.0. The Bertz CT molecular complexity index is 470. The van der Waals surface area contributed by atoms with Crippen molar-refractivity contribution in [1.82, 2.24) is 9.80 Å². The fourth-order valence-electron chi connectivity index (χ4n) is 3.60. The van der Waals surface area contributed by atoms with Crippen LogP contribution in [0.4, 0.5) is 0 Å². The highest BCUT2D eigenvalue weighted by Crippen LogP contribution is 2.47. The molecular formula is C17H29N3O. The molecule has 0 aromatic carbocycles. The first-order valence-corrected chi connectivity index (χ1v) is 8.30. The number of nitrogens with zero attached hydrogens (tertiary/aromatic N) is 2. The average molecular weight is 291 g/mol. The van der Waals surface area contributed by atoms with E-state index in [-0.39, 0.29) is 6.04 Å². The van der Waals surface area contributed by atoms with Crippen LogP contribution >= 0.6 is 0 Å². The molecule has 4 heteroatoms. The molecule has 4 atom stereocenters. The molecule has 1 aliphatic carbocycles. The van der Waals surface area contributed by atoms with Gasteiger partial charge in [0.05, 0.1) is 6.04 Å². The largest absolute Gasteiger partial charge is 0.464 e. The molecule has 0 bridgehead atoms. The van der Waals surface area contributed by atoms with Crippen molar-refractivity contribution in [1.29, 1.82) is 0 Å². The molecule has 118 valence electrons. The van der Waals surface area contributed by atoms with E-state index in [0.29, 0.717) is 18.5 Å². The van der Waals surface area contributed by atoms with E-state index in [1.54, 1.807) is 0 Å². The van der Waals surface area contributed by atoms with Gasteiger partial charge in [-0.05, 0) is 58.0 Å². The topological polar surface area (TPSA) is 45.6 Å². The molecule has 1 aromatic rings. The number of piperidine rings is 1. The summed E-state index contributed by atoms with van der Waals surface area (Å²) in [5.74, 6) is 3.66. The second-order valence-corrected chi connectivity index (χ2v) is 7.07. The number of likely N-dealkylation sites (tertiary alicyclic amines) is 1. The van der Waals surface area contributed by atoms with Gasteiger partial charge in [0, 0.05) is 25.0 Å². The highest BCUT2D eigenvalue weighted by atomic mass is 16.3. The summed E-state index contributed by atoms with van der Waals surface area (Å²) in [5, 5.41) is 0. The lowest BCUT2D eigenvalue weighted by Gasteiger charge is -2.39. The molecule has 2 fully saturated rings. The van der Waals surface area contributed by atoms with Gasteiger partial charge in [0.15, 0.2) is 0 Å². The number of rotatable bonds is 5. The summed E-state index contributed by atoms with van der Waals surface area (Å²) in [7, 11) is 4.34. The Morgan fingerprint density at radius 1 is 1.43 bits per heavy atom. The molecule has 3 rings (SSSR count). The molecule has 2 N–H and O–H groups in total. The van der Waals surface area contributed by atoms with Crippen molar-refractivity contribution >= 4 is 0 Å². The minimum Gasteiger partial charge on any atom is -0.464 e. The molecule has 0 spiro atoms. The number of furan rings is 1. The third-order valence-corrected chi connectivity index (χ3v) is 5.27. The number of likely N-dealkylation sites (N-methyl/N-ethyl adjacent to an activating group) is 1. The first kappa shape index (κ1) is 15.1. The quantitative estimate of drug-likeness (QED) is 0.905. The van der Waals surface area contributed by atoms with Crippen LogP contribution in [0.3, 0.4) is 0 Å². The maximum atomic E-state index is 6.14. The summed E-state index contributed by atoms with van der Waals surface area (Å²) in [6.07, 6.45) is 3.79. The Hall–Kier alpha value is -0.840. The van der Waals surface area contributed by atoms with Crippen molar-refractivity contribution in [2.24, 2.45) is 11.7 Å². The molecule has 0 amide bonds. The maximum Gasteiger partial charge on any atom is 0.122 e. The second kappa shape index (κ2) is 6.11. The SMILES string of the molecule is CC1CC1c1ccc(C(CN)N2CCCC(N(C)C)C2)o1. The van der Waals surface area contributed by atoms with Crippen LogP contribution in [-0.2, 0) is 0 Å². The monoisotopic (exact) mass is 291 g/mol. The molecule has 1 aliphatic heterocycles. The number of nitrogens with two attached hydrogens (primary N) is 1. The summed E-state index contributed by atoms with van der Waals surface area (Å²) in [5.41, 5.74) is 6.07. The molecule has 0 radical (unpaired) electrons. The normalized spacial score (nSPS) is 31.6. The maximum absolute atomic E-state index is 6.14. The predicted octanol–water partition coefficient (Wildman–Crippen LogP) is 2.43. The van der Waals surface area contributed by atoms with Gasteiger partial charge < -0.3 is 15.1 Å². The Labute approximate surface area is 128 Å². The van der Waals surface area contributed by atoms with Crippen LogP contribution in [0.2, 0.25) is 0 Å². The van der Waals surface area contributed by atoms with Gasteiger partial charge in [-0.15, -0.1) is 0 Å². The third kappa shape index (κ3) is 3.17. The minimum absolute atomic E-state index is 0.232. The van der Waals surface area contributed by atoms with Crippen LogP contribution in [0.25, 0.3) is 0 Å². The molecule has 1 saturated carbocycles. The van der Waals surface area contributed by atoms with Crippen molar-refractivity contribution in [3.05, 3.63) is 23.7 Å². The van der Waals surface area contributed by atoms with Crippen LogP contribution in [0.1, 0.15) is 49.7 Å². The van der Waals surface area contributed by atoms with Gasteiger partial charge in [-0.25, -0.2) is 0 Å². The number of hydrogen-bond donors (Lipinski definition) is 1. The van der Waals surface area contributed by atoms with E-state index in [4.69, 9.17) is 10.2 Å². The lowest BCUT2D eigenvalue weighted by molar-refractivity contribution is 0.0887. The minimum atomic E-state index is 0.232. The van der Waals surface area contributed by atoms with Crippen molar-refractivity contribution in [3.8, 4) is 0 Å². The number of hydrogen-bond acceptors (Lipinski definition) is 4. The highest BCUT2D eigenvalue weighted by molar-refractivity contribution is 5.19. The van der Waals surface area contributed by atoms with Gasteiger partial charge in [0.1, 0.15) is 11.5 Å². The van der Waals surface area contributed by atoms with Gasteiger partial charge in [-0.1, -0.05) is 6.92 Å². The zero-order valence-electron chi connectivity index (χ0n) is 13.6. The molecule has 2 heterocycles. The molecule has 21 heavy (non-hydrogen) atoms. The van der Waals surface area contributed by atoms with E-state index in [9.17, 15) is 0 Å². The van der Waals surface area contributed by atoms with Gasteiger partial charge in [-0.3, -0.25) is 4.90 Å². The fourth-order valence-corrected chi connectivity index (χ4v) is 3.60. The van der Waals surface area contributed by atoms with E-state index >= 15 is 0 Å². The lowest BCUT2D eigenvalue weighted by Crippen LogP contribution is -2.47. The van der Waals surface area contributed by atoms with E-state index in [0.717, 1.165) is 30.5 Å². The highest BCUT2D eigenvalue weighted by Gasteiger charge is 2.37. The van der Waals surface area contributed by atoms with Crippen molar-refractivity contribution < 1.29 is 4.42 Å². The second-order valence-electron chi connectivity index (χ2n) is 7.07. The van der Waals surface area contributed by atoms with Gasteiger partial charge in [0.2, 0.25) is 0 Å². The Morgan fingerprint density at radius 2 is 2.19 bits per heavy atom. The van der Waals surface area contributed by atoms with Gasteiger partial charge in [0.25, 0.3) is 0 Å². The fraction of sp³-hybridized carbons (Fsp3) is 0.765. The van der Waals surface area contributed by atoms with Crippen LogP contribution in [0.5, 0.6) is 0 Å². The van der Waals surface area contributed by atoms with Crippen molar-refractivity contribution in [2.75, 3.05) is 33.7 Å². The first-order valence-electron chi connectivity index (χ1n) is 8.30. The summed E-state index contributed by atoms with van der Waals surface area (Å²) in [4.78, 5) is 4.84. The summed E-state index contributed by atoms with van der Waals surface area (Å²) in [6, 6.07) is 5.18. The van der Waals surface area contributed by atoms with Crippen LogP contribution < -0.4 is 5.73 Å². The zero-order chi connectivity index (χ0) is 15.0. The Morgan fingerprint density at radius 3 is 2.81 bits per heavy atom. The molecule has 2 aliphatic rings. The Kier molecular flexibility index (Phi) is 4.38. The standard InChI is InChI=1S/C17H29N3O/c1-12-9-14(12)16-6-7-17(21-16)15(10-18)20-8-4-5-13(11-20)19(2)3/h6-7,12-15H,4-5,8-11,18H2,1-3H3. The van der Waals surface area contributed by atoms with Gasteiger partial charge >= 0.3 is 0 Å². The molecule has 4 unspecified atom stereocenters. The van der Waals surface area contributed by atoms with E-state index < -0.39 is 0 Å². The van der Waals surface area contributed by atoms with Crippen LogP contribution in [-0.4, -0.2) is 49.6 Å². The zero-order valence-corrected chi connectivity index (χ0v) is 13.6. The molecule has 1 saturated heterocycles. The van der Waals surface area contributed by atoms with Crippen LogP contribution in [0, 0.1) is 5.92 Å². The predicted molar refractivity (Wildman–Crippen MR) is 85.3 cm³/mol. The third-order valence-electron chi connectivity index (χ3n) is 5.27. The smallest absolute Gasteiger partial charge is 0.122 e. The Balaban J connectivity index is 1.70. The van der Waals surface area contributed by atoms with E-state index in [1.165, 1.54) is 19.3 Å². The summed E-state index contributed by atoms with van der Waals surface area (Å²) >= 11 is 0. The van der Waals surface area contributed by atoms with Crippen molar-refractivity contribution in [3.63, 3.8) is 0 Å². The van der Waals surface area contributed by atoms with E-state index in [2.05, 4.69) is 43.0 Å². The summed E-state index contributed by atoms with van der Waals surface area (Å²) < 4.78 is 6.14. The first-order chi connectivity index (χ1) is 10.1. The van der Waals surface area contributed by atoms with Crippen molar-refractivity contribution in [2.45, 2.75) is 44.2 Å². The van der Waals surface area contributed by atoms with Crippen LogP contribution in [0.15, 0.2) is 16.5 Å².